The maximum absolute atomic E-state index is 13.6. The first-order valence-corrected chi connectivity index (χ1v) is 11.8. The van der Waals surface area contributed by atoms with Gasteiger partial charge >= 0.3 is 0 Å². The summed E-state index contributed by atoms with van der Waals surface area (Å²) in [5, 5.41) is 12.3. The Bertz CT molecular complexity index is 935. The molecule has 2 heterocycles. The summed E-state index contributed by atoms with van der Waals surface area (Å²) >= 11 is 1.68. The third-order valence-corrected chi connectivity index (χ3v) is 6.38. The Morgan fingerprint density at radius 3 is 2.97 bits per heavy atom. The Kier molecular flexibility index (Phi) is 9.62. The van der Waals surface area contributed by atoms with Gasteiger partial charge in [0.05, 0.1) is 31.9 Å². The van der Waals surface area contributed by atoms with Gasteiger partial charge in [-0.1, -0.05) is 18.2 Å². The van der Waals surface area contributed by atoms with Crippen LogP contribution in [0.5, 0.6) is 5.75 Å². The van der Waals surface area contributed by atoms with Crippen molar-refractivity contribution in [1.82, 2.24) is 9.80 Å². The van der Waals surface area contributed by atoms with Gasteiger partial charge in [0.1, 0.15) is 18.2 Å². The monoisotopic (exact) mass is 474 g/mol. The van der Waals surface area contributed by atoms with Gasteiger partial charge in [0.2, 0.25) is 5.91 Å². The number of halogens is 1. The zero-order chi connectivity index (χ0) is 23.6. The highest BCUT2D eigenvalue weighted by Crippen LogP contribution is 2.34. The van der Waals surface area contributed by atoms with Crippen molar-refractivity contribution in [1.29, 1.82) is 0 Å². The van der Waals surface area contributed by atoms with Gasteiger partial charge in [0, 0.05) is 30.6 Å². The molecule has 0 saturated carbocycles. The SMILES string of the molecule is C=CCOC[C@H](O)CN(CC=C)CC(=O)N1CCc2sccc2[C@H]1COc1cccc(F)c1. The summed E-state index contributed by atoms with van der Waals surface area (Å²) in [4.78, 5) is 18.3. The van der Waals surface area contributed by atoms with E-state index in [0.717, 1.165) is 12.0 Å². The number of fused-ring (bicyclic) bond motifs is 1. The van der Waals surface area contributed by atoms with Crippen molar-refractivity contribution >= 4 is 17.2 Å². The molecular formula is C25H31FN2O4S. The Labute approximate surface area is 198 Å². The van der Waals surface area contributed by atoms with E-state index in [1.165, 1.54) is 17.0 Å². The number of hydrogen-bond acceptors (Lipinski definition) is 6. The van der Waals surface area contributed by atoms with Gasteiger partial charge in [-0.3, -0.25) is 9.69 Å². The molecule has 0 aliphatic carbocycles. The number of hydrogen-bond donors (Lipinski definition) is 1. The van der Waals surface area contributed by atoms with E-state index in [1.807, 2.05) is 21.2 Å². The molecule has 1 aromatic carbocycles. The van der Waals surface area contributed by atoms with Crippen molar-refractivity contribution in [3.8, 4) is 5.75 Å². The fraction of sp³-hybridized carbons (Fsp3) is 0.400. The lowest BCUT2D eigenvalue weighted by Crippen LogP contribution is -2.48. The molecule has 3 rings (SSSR count). The Hall–Kier alpha value is -2.52. The van der Waals surface area contributed by atoms with Crippen LogP contribution < -0.4 is 4.74 Å². The van der Waals surface area contributed by atoms with Crippen molar-refractivity contribution in [2.75, 3.05) is 46.0 Å². The van der Waals surface area contributed by atoms with Crippen LogP contribution >= 0.6 is 11.3 Å². The summed E-state index contributed by atoms with van der Waals surface area (Å²) in [6.07, 6.45) is 3.39. The van der Waals surface area contributed by atoms with Crippen LogP contribution in [0.4, 0.5) is 4.39 Å². The lowest BCUT2D eigenvalue weighted by molar-refractivity contribution is -0.136. The molecule has 0 spiro atoms. The van der Waals surface area contributed by atoms with Gasteiger partial charge < -0.3 is 19.5 Å². The highest BCUT2D eigenvalue weighted by atomic mass is 32.1. The third-order valence-electron chi connectivity index (χ3n) is 5.38. The quantitative estimate of drug-likeness (QED) is 0.356. The van der Waals surface area contributed by atoms with Crippen molar-refractivity contribution in [3.63, 3.8) is 0 Å². The summed E-state index contributed by atoms with van der Waals surface area (Å²) < 4.78 is 24.8. The summed E-state index contributed by atoms with van der Waals surface area (Å²) in [7, 11) is 0. The molecule has 6 nitrogen and oxygen atoms in total. The Morgan fingerprint density at radius 1 is 1.36 bits per heavy atom. The van der Waals surface area contributed by atoms with E-state index >= 15 is 0 Å². The van der Waals surface area contributed by atoms with Crippen molar-refractivity contribution in [3.05, 3.63) is 77.3 Å². The number of ether oxygens (including phenoxy) is 2. The first kappa shape index (κ1) is 25.1. The zero-order valence-electron chi connectivity index (χ0n) is 18.7. The molecule has 1 aromatic heterocycles. The average molecular weight is 475 g/mol. The number of nitrogens with zero attached hydrogens (tertiary/aromatic N) is 2. The molecule has 8 heteroatoms. The molecule has 0 fully saturated rings. The number of carbonyl (C=O) groups is 1. The summed E-state index contributed by atoms with van der Waals surface area (Å²) in [6.45, 7) is 9.59. The van der Waals surface area contributed by atoms with Gasteiger partial charge in [-0.25, -0.2) is 4.39 Å². The van der Waals surface area contributed by atoms with Gasteiger partial charge in [0.15, 0.2) is 0 Å². The van der Waals surface area contributed by atoms with Crippen LogP contribution in [0.3, 0.4) is 0 Å². The fourth-order valence-electron chi connectivity index (χ4n) is 3.91. The van der Waals surface area contributed by atoms with Crippen LogP contribution in [0.2, 0.25) is 0 Å². The van der Waals surface area contributed by atoms with E-state index in [9.17, 15) is 14.3 Å². The van der Waals surface area contributed by atoms with Crippen LogP contribution in [0.25, 0.3) is 0 Å². The van der Waals surface area contributed by atoms with Crippen LogP contribution in [-0.4, -0.2) is 72.9 Å². The Balaban J connectivity index is 1.67. The number of aliphatic hydroxyl groups is 1. The predicted octanol–water partition coefficient (Wildman–Crippen LogP) is 3.44. The number of thiophene rings is 1. The van der Waals surface area contributed by atoms with Crippen molar-refractivity contribution in [2.45, 2.75) is 18.6 Å². The maximum atomic E-state index is 13.6. The van der Waals surface area contributed by atoms with E-state index in [4.69, 9.17) is 9.47 Å². The topological polar surface area (TPSA) is 62.2 Å². The van der Waals surface area contributed by atoms with Gasteiger partial charge in [-0.05, 0) is 35.6 Å². The molecular weight excluding hydrogens is 443 g/mol. The molecule has 33 heavy (non-hydrogen) atoms. The van der Waals surface area contributed by atoms with Crippen LogP contribution in [0.1, 0.15) is 16.5 Å². The zero-order valence-corrected chi connectivity index (χ0v) is 19.5. The van der Waals surface area contributed by atoms with E-state index in [-0.39, 0.29) is 44.1 Å². The van der Waals surface area contributed by atoms with Crippen LogP contribution in [-0.2, 0) is 16.0 Å². The molecule has 0 saturated heterocycles. The van der Waals surface area contributed by atoms with E-state index in [2.05, 4.69) is 13.2 Å². The first-order chi connectivity index (χ1) is 16.0. The molecule has 0 unspecified atom stereocenters. The van der Waals surface area contributed by atoms with E-state index < -0.39 is 6.10 Å². The molecule has 1 amide bonds. The molecule has 1 aliphatic heterocycles. The van der Waals surface area contributed by atoms with E-state index in [0.29, 0.717) is 25.4 Å². The minimum Gasteiger partial charge on any atom is -0.491 e. The highest BCUT2D eigenvalue weighted by Gasteiger charge is 2.33. The van der Waals surface area contributed by atoms with E-state index in [1.54, 1.807) is 35.6 Å². The standard InChI is InChI=1S/C25H31FN2O4S/c1-3-10-27(15-20(29)17-31-12-4-2)16-25(30)28-11-8-24-22(9-13-33-24)23(28)18-32-21-7-5-6-19(26)14-21/h3-7,9,13-14,20,23,29H,1-2,8,10-12,15-18H2/t20-,23-/m1/s1. The van der Waals surface area contributed by atoms with Gasteiger partial charge in [-0.2, -0.15) is 0 Å². The molecule has 0 radical (unpaired) electrons. The molecule has 1 N–H and O–H groups in total. The normalized spacial score (nSPS) is 16.3. The summed E-state index contributed by atoms with van der Waals surface area (Å²) in [6, 6.07) is 7.77. The highest BCUT2D eigenvalue weighted by molar-refractivity contribution is 7.10. The van der Waals surface area contributed by atoms with Crippen molar-refractivity contribution in [2.24, 2.45) is 0 Å². The second-order valence-corrected chi connectivity index (χ2v) is 8.88. The van der Waals surface area contributed by atoms with Crippen molar-refractivity contribution < 1.29 is 23.8 Å². The van der Waals surface area contributed by atoms with Crippen LogP contribution in [0.15, 0.2) is 61.0 Å². The summed E-state index contributed by atoms with van der Waals surface area (Å²) in [5.74, 6) is 0.0115. The number of aliphatic hydroxyl groups excluding tert-OH is 1. The molecule has 1 aliphatic rings. The van der Waals surface area contributed by atoms with Gasteiger partial charge in [-0.15, -0.1) is 24.5 Å². The van der Waals surface area contributed by atoms with Gasteiger partial charge in [0.25, 0.3) is 0 Å². The minimum absolute atomic E-state index is 0.0549. The second-order valence-electron chi connectivity index (χ2n) is 7.88. The molecule has 0 bridgehead atoms. The lowest BCUT2D eigenvalue weighted by atomic mass is 10.0. The second kappa shape index (κ2) is 12.6. The number of rotatable bonds is 13. The number of carbonyl (C=O) groups excluding carboxylic acids is 1. The average Bonchev–Trinajstić information content (AvgIpc) is 3.27. The Morgan fingerprint density at radius 2 is 2.21 bits per heavy atom. The summed E-state index contributed by atoms with van der Waals surface area (Å²) in [5.41, 5.74) is 1.07. The number of benzene rings is 1. The molecule has 178 valence electrons. The molecule has 2 atom stereocenters. The maximum Gasteiger partial charge on any atom is 0.237 e. The third kappa shape index (κ3) is 7.23. The first-order valence-electron chi connectivity index (χ1n) is 11.0. The number of amides is 1. The lowest BCUT2D eigenvalue weighted by Gasteiger charge is -2.37. The smallest absolute Gasteiger partial charge is 0.237 e. The molecule has 2 aromatic rings. The predicted molar refractivity (Wildman–Crippen MR) is 128 cm³/mol. The fourth-order valence-corrected chi connectivity index (χ4v) is 4.84. The largest absolute Gasteiger partial charge is 0.491 e. The van der Waals surface area contributed by atoms with Crippen LogP contribution in [0, 0.1) is 5.82 Å². The minimum atomic E-state index is -0.727.